The second-order valence-corrected chi connectivity index (χ2v) is 10.7. The van der Waals surface area contributed by atoms with E-state index in [0.717, 1.165) is 17.5 Å². The Balaban J connectivity index is 2.12. The van der Waals surface area contributed by atoms with E-state index in [1.807, 2.05) is 27.1 Å². The molecule has 7 N–H and O–H groups in total. The van der Waals surface area contributed by atoms with Gasteiger partial charge in [-0.3, -0.25) is 14.4 Å². The summed E-state index contributed by atoms with van der Waals surface area (Å²) in [5, 5.41) is 36.4. The molecule has 0 aromatic heterocycles. The van der Waals surface area contributed by atoms with E-state index >= 15 is 0 Å². The molecule has 1 heterocycles. The molecule has 3 atom stereocenters. The maximum absolute atomic E-state index is 13.9. The lowest BCUT2D eigenvalue weighted by molar-refractivity contribution is -0.137. The number of fused-ring (bicyclic) bond motifs is 5. The fourth-order valence-electron chi connectivity index (χ4n) is 5.19. The summed E-state index contributed by atoms with van der Waals surface area (Å²) in [5.41, 5.74) is 2.63. The van der Waals surface area contributed by atoms with Gasteiger partial charge in [0.05, 0.1) is 6.04 Å². The number of rotatable bonds is 11. The molecule has 0 aliphatic carbocycles. The van der Waals surface area contributed by atoms with Gasteiger partial charge in [-0.05, 0) is 93.5 Å². The van der Waals surface area contributed by atoms with Gasteiger partial charge in [0.1, 0.15) is 23.6 Å². The van der Waals surface area contributed by atoms with E-state index in [0.29, 0.717) is 50.1 Å². The van der Waals surface area contributed by atoms with E-state index in [2.05, 4.69) is 26.6 Å². The first-order valence-electron chi connectivity index (χ1n) is 14.7. The minimum absolute atomic E-state index is 0.0144. The third kappa shape index (κ3) is 8.67. The van der Waals surface area contributed by atoms with Crippen molar-refractivity contribution in [3.05, 3.63) is 47.5 Å². The Labute approximate surface area is 248 Å². The molecule has 3 amide bonds. The van der Waals surface area contributed by atoms with E-state index in [1.54, 1.807) is 42.3 Å². The number of phenols is 2. The quantitative estimate of drug-likeness (QED) is 0.193. The van der Waals surface area contributed by atoms with Crippen molar-refractivity contribution in [3.63, 3.8) is 0 Å². The van der Waals surface area contributed by atoms with Crippen molar-refractivity contribution in [2.45, 2.75) is 57.2 Å². The third-order valence-corrected chi connectivity index (χ3v) is 7.61. The van der Waals surface area contributed by atoms with Crippen LogP contribution in [0.2, 0.25) is 0 Å². The highest BCUT2D eigenvalue weighted by atomic mass is 16.3. The predicted octanol–water partition coefficient (Wildman–Crippen LogP) is 0.879. The van der Waals surface area contributed by atoms with Gasteiger partial charge >= 0.3 is 0 Å². The van der Waals surface area contributed by atoms with Gasteiger partial charge in [-0.15, -0.1) is 0 Å². The lowest BCUT2D eigenvalue weighted by Gasteiger charge is -2.29. The van der Waals surface area contributed by atoms with Crippen molar-refractivity contribution in [2.24, 2.45) is 0 Å². The number of carbonyl (C=O) groups excluding carboxylic acids is 3. The molecule has 0 spiro atoms. The fourth-order valence-corrected chi connectivity index (χ4v) is 5.19. The van der Waals surface area contributed by atoms with Crippen LogP contribution in [0.3, 0.4) is 0 Å². The SMILES string of the molecule is CCCN(CCNC)C(=O)[C@@H]1Cc2cc(ccc2O)-c2ccc(O)c(c2)C[C@H](NC)C(=O)N[C@@H](CCCNC)C(=O)N1. The van der Waals surface area contributed by atoms with Gasteiger partial charge in [0, 0.05) is 32.5 Å². The zero-order valence-electron chi connectivity index (χ0n) is 25.1. The number of amides is 3. The van der Waals surface area contributed by atoms with Crippen LogP contribution in [-0.4, -0.2) is 98.3 Å². The predicted molar refractivity (Wildman–Crippen MR) is 163 cm³/mol. The first kappa shape index (κ1) is 32.8. The number of aromatic hydroxyl groups is 2. The topological polar surface area (TPSA) is 155 Å². The molecule has 0 radical (unpaired) electrons. The highest BCUT2D eigenvalue weighted by Crippen LogP contribution is 2.31. The molecule has 1 aliphatic heterocycles. The molecule has 0 unspecified atom stereocenters. The van der Waals surface area contributed by atoms with Crippen LogP contribution in [0.25, 0.3) is 11.1 Å². The smallest absolute Gasteiger partial charge is 0.245 e. The average Bonchev–Trinajstić information content (AvgIpc) is 2.98. The molecule has 2 aromatic rings. The van der Waals surface area contributed by atoms with Crippen molar-refractivity contribution in [1.29, 1.82) is 0 Å². The molecular formula is C31H46N6O5. The van der Waals surface area contributed by atoms with Gasteiger partial charge < -0.3 is 41.7 Å². The number of nitrogens with zero attached hydrogens (tertiary/aromatic N) is 1. The Hall–Kier alpha value is -3.67. The Morgan fingerprint density at radius 2 is 1.50 bits per heavy atom. The van der Waals surface area contributed by atoms with Crippen LogP contribution in [0.15, 0.2) is 36.4 Å². The zero-order chi connectivity index (χ0) is 30.6. The van der Waals surface area contributed by atoms with Gasteiger partial charge in [-0.1, -0.05) is 19.1 Å². The minimum Gasteiger partial charge on any atom is -0.508 e. The summed E-state index contributed by atoms with van der Waals surface area (Å²) in [6.07, 6.45) is 1.97. The van der Waals surface area contributed by atoms with Gasteiger partial charge in [-0.25, -0.2) is 0 Å². The summed E-state index contributed by atoms with van der Waals surface area (Å²) in [6, 6.07) is 7.74. The van der Waals surface area contributed by atoms with Crippen LogP contribution in [0, 0.1) is 0 Å². The van der Waals surface area contributed by atoms with Crippen molar-refractivity contribution < 1.29 is 24.6 Å². The van der Waals surface area contributed by atoms with E-state index in [4.69, 9.17) is 0 Å². The lowest BCUT2D eigenvalue weighted by atomic mass is 9.95. The summed E-state index contributed by atoms with van der Waals surface area (Å²) in [5.74, 6) is -1.03. The van der Waals surface area contributed by atoms with Crippen LogP contribution >= 0.6 is 0 Å². The van der Waals surface area contributed by atoms with Crippen LogP contribution in [0.5, 0.6) is 11.5 Å². The summed E-state index contributed by atoms with van der Waals surface area (Å²) in [7, 11) is 5.29. The summed E-state index contributed by atoms with van der Waals surface area (Å²) in [6.45, 7) is 4.20. The number of carbonyl (C=O) groups is 3. The normalized spacial score (nSPS) is 19.3. The van der Waals surface area contributed by atoms with Crippen LogP contribution in [0.1, 0.15) is 37.3 Å². The van der Waals surface area contributed by atoms with Crippen LogP contribution in [0.4, 0.5) is 0 Å². The summed E-state index contributed by atoms with van der Waals surface area (Å²) < 4.78 is 0. The lowest BCUT2D eigenvalue weighted by Crippen LogP contribution is -2.57. The number of hydrogen-bond donors (Lipinski definition) is 7. The maximum Gasteiger partial charge on any atom is 0.245 e. The van der Waals surface area contributed by atoms with E-state index in [1.165, 1.54) is 0 Å². The fraction of sp³-hybridized carbons (Fsp3) is 0.516. The van der Waals surface area contributed by atoms with Crippen LogP contribution < -0.4 is 26.6 Å². The second kappa shape index (κ2) is 16.1. The largest absolute Gasteiger partial charge is 0.508 e. The molecule has 0 saturated heterocycles. The van der Waals surface area contributed by atoms with Gasteiger partial charge in [0.2, 0.25) is 17.7 Å². The number of phenolic OH excluding ortho intramolecular Hbond substituents is 2. The highest BCUT2D eigenvalue weighted by Gasteiger charge is 2.31. The Morgan fingerprint density at radius 3 is 2.07 bits per heavy atom. The molecule has 230 valence electrons. The molecule has 3 rings (SSSR count). The van der Waals surface area contributed by atoms with Crippen molar-refractivity contribution in [3.8, 4) is 22.6 Å². The first-order chi connectivity index (χ1) is 20.2. The molecule has 0 saturated carbocycles. The van der Waals surface area contributed by atoms with Crippen molar-refractivity contribution >= 4 is 17.7 Å². The van der Waals surface area contributed by atoms with E-state index in [9.17, 15) is 24.6 Å². The third-order valence-electron chi connectivity index (χ3n) is 7.61. The standard InChI is InChI=1S/C31H46N6O5/c1-5-14-37(15-13-33-3)31(42)26-19-23-17-21(9-11-28(23)39)20-8-10-27(38)22(16-20)18-25(34-4)30(41)35-24(29(40)36-26)7-6-12-32-2/h8-11,16-17,24-26,32-34,38-39H,5-7,12-15,18-19H2,1-4H3,(H,35,41)(H,36,40)/t24-,25-,26-/m0/s1. The Kier molecular flexibility index (Phi) is 12.6. The molecule has 11 heteroatoms. The molecule has 11 nitrogen and oxygen atoms in total. The average molecular weight is 583 g/mol. The Bertz CT molecular complexity index is 1220. The first-order valence-corrected chi connectivity index (χ1v) is 14.7. The zero-order valence-corrected chi connectivity index (χ0v) is 25.1. The molecule has 4 bridgehead atoms. The Morgan fingerprint density at radius 1 is 0.881 bits per heavy atom. The molecule has 2 aromatic carbocycles. The van der Waals surface area contributed by atoms with E-state index < -0.39 is 24.0 Å². The maximum atomic E-state index is 13.9. The highest BCUT2D eigenvalue weighted by molar-refractivity contribution is 5.93. The molecular weight excluding hydrogens is 536 g/mol. The number of benzene rings is 2. The molecule has 1 aliphatic rings. The van der Waals surface area contributed by atoms with Gasteiger partial charge in [0.25, 0.3) is 0 Å². The summed E-state index contributed by atoms with van der Waals surface area (Å²) in [4.78, 5) is 42.8. The van der Waals surface area contributed by atoms with Crippen molar-refractivity contribution in [1.82, 2.24) is 31.5 Å². The van der Waals surface area contributed by atoms with Crippen LogP contribution in [-0.2, 0) is 27.2 Å². The molecule has 42 heavy (non-hydrogen) atoms. The van der Waals surface area contributed by atoms with Gasteiger partial charge in [0.15, 0.2) is 0 Å². The number of nitrogens with one attached hydrogen (secondary N) is 5. The minimum atomic E-state index is -0.966. The number of likely N-dealkylation sites (N-methyl/N-ethyl adjacent to an activating group) is 2. The van der Waals surface area contributed by atoms with Gasteiger partial charge in [-0.2, -0.15) is 0 Å². The molecule has 0 fully saturated rings. The summed E-state index contributed by atoms with van der Waals surface area (Å²) >= 11 is 0. The number of hydrogen-bond acceptors (Lipinski definition) is 8. The van der Waals surface area contributed by atoms with Crippen molar-refractivity contribution in [2.75, 3.05) is 47.3 Å². The second-order valence-electron chi connectivity index (χ2n) is 10.7. The monoisotopic (exact) mass is 582 g/mol. The van der Waals surface area contributed by atoms with E-state index in [-0.39, 0.29) is 36.2 Å².